The van der Waals surface area contributed by atoms with Crippen LogP contribution in [-0.2, 0) is 9.53 Å². The fourth-order valence-corrected chi connectivity index (χ4v) is 2.76. The normalized spacial score (nSPS) is 15.3. The van der Waals surface area contributed by atoms with E-state index in [1.54, 1.807) is 31.2 Å². The maximum absolute atomic E-state index is 12.1. The van der Waals surface area contributed by atoms with Crippen LogP contribution in [0.5, 0.6) is 0 Å². The molecule has 0 aromatic heterocycles. The standard InChI is InChI=1S/C21H19NO4/c1-13(2)16-6-8-17(9-7-16)20-12-18(21(23)26-20)10-15-5-4-14(3)19(11-15)22(24)25/h4-13H,1-3H3. The number of carbonyl (C=O) groups excluding carboxylic acids is 1. The third kappa shape index (κ3) is 3.57. The smallest absolute Gasteiger partial charge is 0.343 e. The minimum atomic E-state index is -0.462. The summed E-state index contributed by atoms with van der Waals surface area (Å²) in [6, 6.07) is 12.7. The number of hydrogen-bond donors (Lipinski definition) is 0. The molecule has 1 aliphatic heterocycles. The van der Waals surface area contributed by atoms with Gasteiger partial charge in [0.15, 0.2) is 0 Å². The molecule has 0 atom stereocenters. The molecule has 0 unspecified atom stereocenters. The zero-order valence-electron chi connectivity index (χ0n) is 14.9. The molecule has 0 radical (unpaired) electrons. The van der Waals surface area contributed by atoms with Gasteiger partial charge in [-0.25, -0.2) is 4.79 Å². The molecule has 0 bridgehead atoms. The summed E-state index contributed by atoms with van der Waals surface area (Å²) in [5, 5.41) is 11.1. The molecule has 0 fully saturated rings. The van der Waals surface area contributed by atoms with Crippen LogP contribution >= 0.6 is 0 Å². The number of aryl methyl sites for hydroxylation is 1. The number of ether oxygens (including phenoxy) is 1. The first-order chi connectivity index (χ1) is 12.3. The summed E-state index contributed by atoms with van der Waals surface area (Å²) in [7, 11) is 0. The first kappa shape index (κ1) is 17.6. The monoisotopic (exact) mass is 349 g/mol. The lowest BCUT2D eigenvalue weighted by Crippen LogP contribution is -1.98. The number of rotatable bonds is 4. The number of benzene rings is 2. The summed E-state index contributed by atoms with van der Waals surface area (Å²) in [5.41, 5.74) is 3.59. The average Bonchev–Trinajstić information content (AvgIpc) is 2.97. The molecular weight excluding hydrogens is 330 g/mol. The predicted octanol–water partition coefficient (Wildman–Crippen LogP) is 5.01. The van der Waals surface area contributed by atoms with Crippen molar-refractivity contribution < 1.29 is 14.5 Å². The molecule has 0 saturated carbocycles. The second kappa shape index (κ2) is 6.96. The van der Waals surface area contributed by atoms with E-state index in [0.29, 0.717) is 28.4 Å². The molecule has 0 N–H and O–H groups in total. The van der Waals surface area contributed by atoms with E-state index in [-0.39, 0.29) is 5.69 Å². The molecule has 132 valence electrons. The Balaban J connectivity index is 1.91. The summed E-state index contributed by atoms with van der Waals surface area (Å²) < 4.78 is 5.35. The Kier molecular flexibility index (Phi) is 4.71. The van der Waals surface area contributed by atoms with Gasteiger partial charge in [-0.2, -0.15) is 0 Å². The molecule has 2 aromatic rings. The molecule has 2 aromatic carbocycles. The minimum absolute atomic E-state index is 0.0270. The second-order valence-corrected chi connectivity index (χ2v) is 6.58. The van der Waals surface area contributed by atoms with E-state index in [0.717, 1.165) is 5.56 Å². The molecule has 3 rings (SSSR count). The van der Waals surface area contributed by atoms with E-state index in [1.807, 2.05) is 24.3 Å². The van der Waals surface area contributed by atoms with E-state index in [4.69, 9.17) is 4.74 Å². The third-order valence-electron chi connectivity index (χ3n) is 4.34. The number of carbonyl (C=O) groups is 1. The van der Waals surface area contributed by atoms with Gasteiger partial charge in [0.1, 0.15) is 5.76 Å². The van der Waals surface area contributed by atoms with Crippen molar-refractivity contribution in [1.82, 2.24) is 0 Å². The van der Waals surface area contributed by atoms with Crippen LogP contribution < -0.4 is 0 Å². The molecule has 0 aliphatic carbocycles. The number of hydrogen-bond acceptors (Lipinski definition) is 4. The van der Waals surface area contributed by atoms with Crippen molar-refractivity contribution in [3.8, 4) is 0 Å². The number of nitro groups is 1. The maximum atomic E-state index is 12.1. The van der Waals surface area contributed by atoms with Gasteiger partial charge >= 0.3 is 5.97 Å². The minimum Gasteiger partial charge on any atom is -0.422 e. The zero-order chi connectivity index (χ0) is 18.8. The molecule has 26 heavy (non-hydrogen) atoms. The molecule has 0 spiro atoms. The number of cyclic esters (lactones) is 1. The van der Waals surface area contributed by atoms with E-state index in [9.17, 15) is 14.9 Å². The van der Waals surface area contributed by atoms with Gasteiger partial charge in [-0.3, -0.25) is 10.1 Å². The predicted molar refractivity (Wildman–Crippen MR) is 100 cm³/mol. The Morgan fingerprint density at radius 1 is 1.12 bits per heavy atom. The first-order valence-corrected chi connectivity index (χ1v) is 8.36. The molecule has 0 amide bonds. The van der Waals surface area contributed by atoms with Crippen LogP contribution in [-0.4, -0.2) is 10.9 Å². The number of nitro benzene ring substituents is 1. The largest absolute Gasteiger partial charge is 0.422 e. The lowest BCUT2D eigenvalue weighted by molar-refractivity contribution is -0.385. The lowest BCUT2D eigenvalue weighted by Gasteiger charge is -2.06. The molecule has 5 heteroatoms. The topological polar surface area (TPSA) is 69.4 Å². The van der Waals surface area contributed by atoms with Crippen molar-refractivity contribution in [1.29, 1.82) is 0 Å². The van der Waals surface area contributed by atoms with Gasteiger partial charge in [0, 0.05) is 17.2 Å². The van der Waals surface area contributed by atoms with Crippen LogP contribution in [0.2, 0.25) is 0 Å². The Bertz CT molecular complexity index is 937. The van der Waals surface area contributed by atoms with Crippen LogP contribution in [0, 0.1) is 17.0 Å². The van der Waals surface area contributed by atoms with Gasteiger partial charge in [-0.15, -0.1) is 0 Å². The highest BCUT2D eigenvalue weighted by Gasteiger charge is 2.22. The highest BCUT2D eigenvalue weighted by molar-refractivity contribution is 6.05. The molecular formula is C21H19NO4. The summed E-state index contributed by atoms with van der Waals surface area (Å²) in [4.78, 5) is 22.8. The Hall–Kier alpha value is -3.21. The van der Waals surface area contributed by atoms with Crippen molar-refractivity contribution in [3.05, 3.63) is 86.5 Å². The van der Waals surface area contributed by atoms with Gasteiger partial charge in [-0.05, 0) is 36.1 Å². The highest BCUT2D eigenvalue weighted by atomic mass is 16.6. The fourth-order valence-electron chi connectivity index (χ4n) is 2.76. The fraction of sp³-hybridized carbons (Fsp3) is 0.190. The van der Waals surface area contributed by atoms with Crippen molar-refractivity contribution in [2.75, 3.05) is 0 Å². The van der Waals surface area contributed by atoms with E-state index in [2.05, 4.69) is 13.8 Å². The number of esters is 1. The van der Waals surface area contributed by atoms with Crippen LogP contribution in [0.25, 0.3) is 11.8 Å². The third-order valence-corrected chi connectivity index (χ3v) is 4.34. The van der Waals surface area contributed by atoms with E-state index >= 15 is 0 Å². The van der Waals surface area contributed by atoms with Crippen LogP contribution in [0.1, 0.15) is 42.0 Å². The Labute approximate surface area is 151 Å². The summed E-state index contributed by atoms with van der Waals surface area (Å²) in [5.74, 6) is 0.450. The Morgan fingerprint density at radius 2 is 1.81 bits per heavy atom. The summed E-state index contributed by atoms with van der Waals surface area (Å²) in [6.45, 7) is 5.91. The quantitative estimate of drug-likeness (QED) is 0.337. The van der Waals surface area contributed by atoms with Crippen LogP contribution in [0.4, 0.5) is 5.69 Å². The van der Waals surface area contributed by atoms with Crippen LogP contribution in [0.15, 0.2) is 54.1 Å². The molecule has 5 nitrogen and oxygen atoms in total. The van der Waals surface area contributed by atoms with Crippen molar-refractivity contribution in [2.24, 2.45) is 0 Å². The summed E-state index contributed by atoms with van der Waals surface area (Å²) >= 11 is 0. The maximum Gasteiger partial charge on any atom is 0.343 e. The summed E-state index contributed by atoms with van der Waals surface area (Å²) in [6.07, 6.45) is 3.27. The second-order valence-electron chi connectivity index (χ2n) is 6.58. The van der Waals surface area contributed by atoms with Gasteiger partial charge < -0.3 is 4.74 Å². The number of nitrogens with zero attached hydrogens (tertiary/aromatic N) is 1. The van der Waals surface area contributed by atoms with E-state index < -0.39 is 10.9 Å². The van der Waals surface area contributed by atoms with Gasteiger partial charge in [0.2, 0.25) is 0 Å². The molecule has 1 aliphatic rings. The van der Waals surface area contributed by atoms with Crippen LogP contribution in [0.3, 0.4) is 0 Å². The van der Waals surface area contributed by atoms with Crippen molar-refractivity contribution in [3.63, 3.8) is 0 Å². The van der Waals surface area contributed by atoms with Gasteiger partial charge in [0.25, 0.3) is 5.69 Å². The first-order valence-electron chi connectivity index (χ1n) is 8.36. The van der Waals surface area contributed by atoms with Gasteiger partial charge in [0.05, 0.1) is 10.5 Å². The van der Waals surface area contributed by atoms with Crippen molar-refractivity contribution in [2.45, 2.75) is 26.7 Å². The zero-order valence-corrected chi connectivity index (χ0v) is 14.9. The average molecular weight is 349 g/mol. The lowest BCUT2D eigenvalue weighted by atomic mass is 10.0. The molecule has 0 saturated heterocycles. The Morgan fingerprint density at radius 3 is 2.42 bits per heavy atom. The van der Waals surface area contributed by atoms with E-state index in [1.165, 1.54) is 11.6 Å². The molecule has 1 heterocycles. The SMILES string of the molecule is Cc1ccc(C=C2C=C(c3ccc(C(C)C)cc3)OC2=O)cc1[N+](=O)[O-]. The highest BCUT2D eigenvalue weighted by Crippen LogP contribution is 2.29. The van der Waals surface area contributed by atoms with Crippen molar-refractivity contribution >= 4 is 23.5 Å². The van der Waals surface area contributed by atoms with Gasteiger partial charge in [-0.1, -0.05) is 50.2 Å².